The average molecular weight is 477 g/mol. The summed E-state index contributed by atoms with van der Waals surface area (Å²) in [6, 6.07) is 6.19. The predicted octanol–water partition coefficient (Wildman–Crippen LogP) is 2.47. The van der Waals surface area contributed by atoms with Crippen molar-refractivity contribution in [3.05, 3.63) is 47.1 Å². The van der Waals surface area contributed by atoms with E-state index in [1.807, 2.05) is 11.9 Å². The lowest BCUT2D eigenvalue weighted by Gasteiger charge is -2.37. The number of halogens is 1. The van der Waals surface area contributed by atoms with E-state index in [1.54, 1.807) is 25.1 Å². The molecule has 10 heteroatoms. The fourth-order valence-corrected chi connectivity index (χ4v) is 6.12. The number of amides is 1. The smallest absolute Gasteiger partial charge is 0.248 e. The van der Waals surface area contributed by atoms with Crippen molar-refractivity contribution in [1.29, 1.82) is 0 Å². The molecule has 0 saturated carbocycles. The molecule has 0 radical (unpaired) electrons. The van der Waals surface area contributed by atoms with Crippen LogP contribution in [-0.2, 0) is 14.8 Å². The van der Waals surface area contributed by atoms with Gasteiger partial charge in [-0.2, -0.15) is 4.31 Å². The van der Waals surface area contributed by atoms with E-state index in [2.05, 4.69) is 10.1 Å². The summed E-state index contributed by atoms with van der Waals surface area (Å²) < 4.78 is 47.7. The molecule has 1 atom stereocenters. The number of nitrogens with zero attached hydrogens (tertiary/aromatic N) is 4. The van der Waals surface area contributed by atoms with Crippen LogP contribution in [0.15, 0.2) is 33.7 Å². The van der Waals surface area contributed by atoms with Gasteiger partial charge in [0.05, 0.1) is 5.92 Å². The Labute approximate surface area is 193 Å². The standard InChI is InChI=1S/C23H29FN4O4S/c1-17-22(21(32-25-17)10-9-18-6-3-4-8-20(18)24)33(30,31)28-11-5-7-19(16-28)23(29)27-14-12-26(2)13-15-27/h3-4,6,8-10,19H,5,7,11-16H2,1-2H3/b10-9+. The van der Waals surface area contributed by atoms with Crippen LogP contribution >= 0.6 is 0 Å². The third-order valence-corrected chi connectivity index (χ3v) is 8.32. The van der Waals surface area contributed by atoms with Gasteiger partial charge in [0.2, 0.25) is 15.9 Å². The first-order valence-electron chi connectivity index (χ1n) is 11.1. The fraction of sp³-hybridized carbons (Fsp3) is 0.478. The van der Waals surface area contributed by atoms with E-state index in [0.717, 1.165) is 13.1 Å². The lowest BCUT2D eigenvalue weighted by Crippen LogP contribution is -2.52. The molecule has 0 spiro atoms. The molecular formula is C23H29FN4O4S. The fourth-order valence-electron chi connectivity index (χ4n) is 4.35. The summed E-state index contributed by atoms with van der Waals surface area (Å²) >= 11 is 0. The van der Waals surface area contributed by atoms with Crippen LogP contribution in [0.5, 0.6) is 0 Å². The second kappa shape index (κ2) is 9.74. The van der Waals surface area contributed by atoms with Crippen molar-refractivity contribution >= 4 is 28.1 Å². The molecule has 3 heterocycles. The normalized spacial score (nSPS) is 21.1. The van der Waals surface area contributed by atoms with Crippen LogP contribution < -0.4 is 0 Å². The van der Waals surface area contributed by atoms with E-state index in [0.29, 0.717) is 38.0 Å². The monoisotopic (exact) mass is 476 g/mol. The van der Waals surface area contributed by atoms with Crippen LogP contribution in [0.2, 0.25) is 0 Å². The Bertz CT molecular complexity index is 1140. The average Bonchev–Trinajstić information content (AvgIpc) is 3.19. The van der Waals surface area contributed by atoms with E-state index in [9.17, 15) is 17.6 Å². The van der Waals surface area contributed by atoms with E-state index >= 15 is 0 Å². The molecule has 0 bridgehead atoms. The molecule has 2 aliphatic heterocycles. The van der Waals surface area contributed by atoms with E-state index < -0.39 is 15.8 Å². The first kappa shape index (κ1) is 23.6. The van der Waals surface area contributed by atoms with E-state index in [-0.39, 0.29) is 34.7 Å². The number of carbonyl (C=O) groups is 1. The van der Waals surface area contributed by atoms with Crippen molar-refractivity contribution in [3.63, 3.8) is 0 Å². The highest BCUT2D eigenvalue weighted by molar-refractivity contribution is 7.89. The predicted molar refractivity (Wildman–Crippen MR) is 122 cm³/mol. The number of sulfonamides is 1. The van der Waals surface area contributed by atoms with Crippen molar-refractivity contribution in [2.45, 2.75) is 24.7 Å². The summed E-state index contributed by atoms with van der Waals surface area (Å²) in [5, 5.41) is 3.84. The number of likely N-dealkylation sites (N-methyl/N-ethyl adjacent to an activating group) is 1. The molecule has 1 amide bonds. The summed E-state index contributed by atoms with van der Waals surface area (Å²) in [5.41, 5.74) is 0.543. The van der Waals surface area contributed by atoms with Crippen molar-refractivity contribution in [2.24, 2.45) is 5.92 Å². The van der Waals surface area contributed by atoms with Crippen LogP contribution in [0.1, 0.15) is 29.9 Å². The Morgan fingerprint density at radius 2 is 1.88 bits per heavy atom. The maximum absolute atomic E-state index is 14.0. The minimum atomic E-state index is -3.95. The first-order valence-corrected chi connectivity index (χ1v) is 12.6. The van der Waals surface area contributed by atoms with Gasteiger partial charge in [0.1, 0.15) is 11.5 Å². The zero-order valence-corrected chi connectivity index (χ0v) is 19.7. The molecule has 8 nitrogen and oxygen atoms in total. The molecule has 1 unspecified atom stereocenters. The molecule has 2 saturated heterocycles. The van der Waals surface area contributed by atoms with Crippen LogP contribution in [0.25, 0.3) is 12.2 Å². The quantitative estimate of drug-likeness (QED) is 0.659. The number of hydrogen-bond acceptors (Lipinski definition) is 6. The Morgan fingerprint density at radius 1 is 1.15 bits per heavy atom. The number of hydrogen-bond donors (Lipinski definition) is 0. The molecule has 178 valence electrons. The van der Waals surface area contributed by atoms with Gasteiger partial charge in [-0.3, -0.25) is 4.79 Å². The number of aromatic nitrogens is 1. The maximum Gasteiger partial charge on any atom is 0.248 e. The van der Waals surface area contributed by atoms with Gasteiger partial charge in [0.25, 0.3) is 0 Å². The molecule has 1 aromatic heterocycles. The van der Waals surface area contributed by atoms with Crippen molar-refractivity contribution < 1.29 is 22.1 Å². The zero-order valence-electron chi connectivity index (χ0n) is 18.9. The molecule has 33 heavy (non-hydrogen) atoms. The van der Waals surface area contributed by atoms with Gasteiger partial charge in [-0.05, 0) is 45.0 Å². The first-order chi connectivity index (χ1) is 15.8. The minimum absolute atomic E-state index is 0.0183. The molecule has 0 N–H and O–H groups in total. The van der Waals surface area contributed by atoms with Crippen molar-refractivity contribution in [3.8, 4) is 0 Å². The molecule has 2 aliphatic rings. The van der Waals surface area contributed by atoms with Crippen LogP contribution in [0.4, 0.5) is 4.39 Å². The summed E-state index contributed by atoms with van der Waals surface area (Å²) in [6.45, 7) is 4.98. The lowest BCUT2D eigenvalue weighted by atomic mass is 9.98. The number of benzene rings is 1. The Balaban J connectivity index is 1.54. The van der Waals surface area contributed by atoms with Gasteiger partial charge < -0.3 is 14.3 Å². The maximum atomic E-state index is 14.0. The number of carbonyl (C=O) groups excluding carboxylic acids is 1. The number of piperazine rings is 1. The van der Waals surface area contributed by atoms with E-state index in [4.69, 9.17) is 4.52 Å². The third-order valence-electron chi connectivity index (χ3n) is 6.30. The molecule has 2 aromatic rings. The van der Waals surface area contributed by atoms with Crippen molar-refractivity contribution in [2.75, 3.05) is 46.3 Å². The second-order valence-corrected chi connectivity index (χ2v) is 10.5. The summed E-state index contributed by atoms with van der Waals surface area (Å²) in [5.74, 6) is -0.724. The lowest BCUT2D eigenvalue weighted by molar-refractivity contribution is -0.138. The topological polar surface area (TPSA) is 87.0 Å². The molecule has 1 aromatic carbocycles. The van der Waals surface area contributed by atoms with Gasteiger partial charge in [-0.15, -0.1) is 0 Å². The second-order valence-electron chi connectivity index (χ2n) is 8.65. The van der Waals surface area contributed by atoms with Crippen LogP contribution in [0.3, 0.4) is 0 Å². The third kappa shape index (κ3) is 5.02. The molecule has 0 aliphatic carbocycles. The Morgan fingerprint density at radius 3 is 2.61 bits per heavy atom. The van der Waals surface area contributed by atoms with Gasteiger partial charge >= 0.3 is 0 Å². The number of aryl methyl sites for hydroxylation is 1. The zero-order chi connectivity index (χ0) is 23.6. The number of piperidine rings is 1. The van der Waals surface area contributed by atoms with Gasteiger partial charge in [-0.1, -0.05) is 23.4 Å². The van der Waals surface area contributed by atoms with Crippen LogP contribution in [-0.4, -0.2) is 79.9 Å². The largest absolute Gasteiger partial charge is 0.355 e. The SMILES string of the molecule is Cc1noc(/C=C/c2ccccc2F)c1S(=O)(=O)N1CCCC(C(=O)N2CCN(C)CC2)C1. The minimum Gasteiger partial charge on any atom is -0.355 e. The Kier molecular flexibility index (Phi) is 6.96. The van der Waals surface area contributed by atoms with Gasteiger partial charge in [-0.25, -0.2) is 12.8 Å². The summed E-state index contributed by atoms with van der Waals surface area (Å²) in [6.07, 6.45) is 4.15. The number of rotatable bonds is 5. The van der Waals surface area contributed by atoms with Gasteiger partial charge in [0, 0.05) is 44.8 Å². The summed E-state index contributed by atoms with van der Waals surface area (Å²) in [7, 11) is -1.92. The Hall–Kier alpha value is -2.56. The molecule has 4 rings (SSSR count). The van der Waals surface area contributed by atoms with Crippen LogP contribution in [0, 0.1) is 18.7 Å². The highest BCUT2D eigenvalue weighted by atomic mass is 32.2. The van der Waals surface area contributed by atoms with Gasteiger partial charge in [0.15, 0.2) is 10.7 Å². The molecule has 2 fully saturated rings. The summed E-state index contributed by atoms with van der Waals surface area (Å²) in [4.78, 5) is 17.0. The van der Waals surface area contributed by atoms with Crippen molar-refractivity contribution in [1.82, 2.24) is 19.3 Å². The highest BCUT2D eigenvalue weighted by Gasteiger charge is 2.38. The highest BCUT2D eigenvalue weighted by Crippen LogP contribution is 2.30. The molecular weight excluding hydrogens is 447 g/mol. The van der Waals surface area contributed by atoms with E-state index in [1.165, 1.54) is 22.5 Å².